The first-order chi connectivity index (χ1) is 21.6. The van der Waals surface area contributed by atoms with Crippen molar-refractivity contribution in [1.82, 2.24) is 23.6 Å². The van der Waals surface area contributed by atoms with E-state index < -0.39 is 11.2 Å². The first-order valence-electron chi connectivity index (χ1n) is 14.3. The molecule has 0 N–H and O–H groups in total. The molecule has 1 amide bonds. The highest BCUT2D eigenvalue weighted by Gasteiger charge is 2.37. The van der Waals surface area contributed by atoms with E-state index in [-0.39, 0.29) is 35.7 Å². The van der Waals surface area contributed by atoms with Crippen LogP contribution in [0.5, 0.6) is 17.5 Å². The van der Waals surface area contributed by atoms with Crippen molar-refractivity contribution in [3.05, 3.63) is 83.3 Å². The molecule has 2 aliphatic rings. The third kappa shape index (κ3) is 5.92. The smallest absolute Gasteiger partial charge is 0.332 e. The second kappa shape index (κ2) is 12.7. The van der Waals surface area contributed by atoms with E-state index >= 15 is 0 Å². The molecule has 1 saturated heterocycles. The number of benzene rings is 2. The van der Waals surface area contributed by atoms with Gasteiger partial charge in [-0.15, -0.1) is 0 Å². The minimum absolute atomic E-state index is 0.0497. The molecule has 14 heteroatoms. The van der Waals surface area contributed by atoms with Gasteiger partial charge in [0.15, 0.2) is 22.7 Å². The average Bonchev–Trinajstić information content (AvgIpc) is 3.52. The largest absolute Gasteiger partial charge is 0.493 e. The third-order valence-corrected chi connectivity index (χ3v) is 10.0. The molecule has 1 saturated carbocycles. The predicted octanol–water partition coefficient (Wildman–Crippen LogP) is 6.12. The van der Waals surface area contributed by atoms with Crippen LogP contribution < -0.4 is 20.7 Å². The average molecular weight is 687 g/mol. The standard InChI is InChI=1S/C31H29Cl2N5O5S2/c1-35-26-25(28(40)36(2)30(35)41)37(16-18-10-11-19(32)15-21(18)33)29(34-26)43-22-12-9-17(13-23(22)42-3)14-24-27(39)38(31(44)45-24)20-7-5-4-6-8-20/h9-15,20H,4-8,16H2,1-3H3. The van der Waals surface area contributed by atoms with Gasteiger partial charge in [-0.05, 0) is 54.3 Å². The van der Waals surface area contributed by atoms with Crippen LogP contribution in [-0.4, -0.2) is 47.0 Å². The number of methoxy groups -OCH3 is 1. The summed E-state index contributed by atoms with van der Waals surface area (Å²) in [7, 11) is 4.44. The summed E-state index contributed by atoms with van der Waals surface area (Å²) in [5.74, 6) is 0.611. The lowest BCUT2D eigenvalue weighted by molar-refractivity contribution is -0.124. The molecular formula is C31H29Cl2N5O5S2. The number of aromatic nitrogens is 4. The minimum atomic E-state index is -0.534. The van der Waals surface area contributed by atoms with Crippen molar-refractivity contribution < 1.29 is 14.3 Å². The van der Waals surface area contributed by atoms with Gasteiger partial charge in [0, 0.05) is 30.2 Å². The molecular weight excluding hydrogens is 657 g/mol. The fourth-order valence-corrected chi connectivity index (χ4v) is 7.58. The Kier molecular flexibility index (Phi) is 8.84. The van der Waals surface area contributed by atoms with E-state index in [0.717, 1.165) is 35.8 Å². The number of hydrogen-bond donors (Lipinski definition) is 0. The number of carbonyl (C=O) groups is 1. The van der Waals surface area contributed by atoms with Gasteiger partial charge < -0.3 is 9.47 Å². The molecule has 0 spiro atoms. The van der Waals surface area contributed by atoms with Crippen LogP contribution in [0.15, 0.2) is 50.9 Å². The Hall–Kier alpha value is -3.58. The van der Waals surface area contributed by atoms with Crippen molar-refractivity contribution in [1.29, 1.82) is 0 Å². The number of rotatable bonds is 7. The van der Waals surface area contributed by atoms with Gasteiger partial charge in [-0.3, -0.25) is 28.2 Å². The quantitative estimate of drug-likeness (QED) is 0.169. The molecule has 234 valence electrons. The minimum Gasteiger partial charge on any atom is -0.493 e. The number of amides is 1. The van der Waals surface area contributed by atoms with E-state index in [4.69, 9.17) is 44.9 Å². The summed E-state index contributed by atoms with van der Waals surface area (Å²) in [5.41, 5.74) is 0.641. The Balaban J connectivity index is 1.37. The van der Waals surface area contributed by atoms with Crippen molar-refractivity contribution in [2.24, 2.45) is 14.1 Å². The lowest BCUT2D eigenvalue weighted by Gasteiger charge is -2.29. The highest BCUT2D eigenvalue weighted by Crippen LogP contribution is 2.39. The van der Waals surface area contributed by atoms with Crippen LogP contribution in [0.25, 0.3) is 17.2 Å². The fraction of sp³-hybridized carbons (Fsp3) is 0.323. The fourth-order valence-electron chi connectivity index (χ4n) is 5.71. The Morgan fingerprint density at radius 1 is 1.02 bits per heavy atom. The summed E-state index contributed by atoms with van der Waals surface area (Å²) in [6.07, 6.45) is 7.13. The second-order valence-corrected chi connectivity index (χ2v) is 13.5. The summed E-state index contributed by atoms with van der Waals surface area (Å²) in [5, 5.41) is 0.864. The zero-order valence-corrected chi connectivity index (χ0v) is 27.9. The van der Waals surface area contributed by atoms with Gasteiger partial charge in [0.2, 0.25) is 0 Å². The van der Waals surface area contributed by atoms with Crippen LogP contribution in [0.2, 0.25) is 10.0 Å². The first-order valence-corrected chi connectivity index (χ1v) is 16.3. The Morgan fingerprint density at radius 2 is 1.78 bits per heavy atom. The third-order valence-electron chi connectivity index (χ3n) is 8.11. The number of thioether (sulfide) groups is 1. The van der Waals surface area contributed by atoms with Gasteiger partial charge in [0.25, 0.3) is 11.5 Å². The molecule has 2 aromatic carbocycles. The molecule has 6 rings (SSSR count). The van der Waals surface area contributed by atoms with Crippen molar-refractivity contribution in [2.45, 2.75) is 44.7 Å². The molecule has 1 aliphatic carbocycles. The number of thiocarbonyl (C=S) groups is 1. The van der Waals surface area contributed by atoms with Crippen LogP contribution in [0.4, 0.5) is 0 Å². The summed E-state index contributed by atoms with van der Waals surface area (Å²) in [6.45, 7) is 0.110. The van der Waals surface area contributed by atoms with Crippen molar-refractivity contribution >= 4 is 74.6 Å². The van der Waals surface area contributed by atoms with Crippen LogP contribution in [0, 0.1) is 0 Å². The number of fused-ring (bicyclic) bond motifs is 1. The topological polar surface area (TPSA) is 101 Å². The summed E-state index contributed by atoms with van der Waals surface area (Å²) >= 11 is 19.5. The van der Waals surface area contributed by atoms with Gasteiger partial charge >= 0.3 is 11.7 Å². The Morgan fingerprint density at radius 3 is 2.49 bits per heavy atom. The van der Waals surface area contributed by atoms with Gasteiger partial charge in [0.1, 0.15) is 4.32 Å². The van der Waals surface area contributed by atoms with E-state index in [1.165, 1.54) is 44.0 Å². The van der Waals surface area contributed by atoms with Crippen molar-refractivity contribution in [3.8, 4) is 17.5 Å². The number of halogens is 2. The molecule has 10 nitrogen and oxygen atoms in total. The normalized spacial score (nSPS) is 16.7. The van der Waals surface area contributed by atoms with Gasteiger partial charge in [-0.25, -0.2) is 4.79 Å². The SMILES string of the molecule is COc1cc(C=C2SC(=S)N(C3CCCCC3)C2=O)ccc1Oc1nc2c(c(=O)n(C)c(=O)n2C)n1Cc1ccc(Cl)cc1Cl. The van der Waals surface area contributed by atoms with Crippen molar-refractivity contribution in [2.75, 3.05) is 7.11 Å². The number of imidazole rings is 1. The van der Waals surface area contributed by atoms with E-state index in [1.807, 2.05) is 0 Å². The van der Waals surface area contributed by atoms with Gasteiger partial charge in [0.05, 0.1) is 18.6 Å². The lowest BCUT2D eigenvalue weighted by Crippen LogP contribution is -2.39. The molecule has 0 bridgehead atoms. The zero-order valence-electron chi connectivity index (χ0n) is 24.7. The maximum atomic E-state index is 13.3. The number of hydrogen-bond acceptors (Lipinski definition) is 8. The molecule has 45 heavy (non-hydrogen) atoms. The number of nitrogens with zero attached hydrogens (tertiary/aromatic N) is 5. The van der Waals surface area contributed by atoms with E-state index in [2.05, 4.69) is 4.98 Å². The summed E-state index contributed by atoms with van der Waals surface area (Å²) < 4.78 is 16.4. The Bertz CT molecular complexity index is 2010. The van der Waals surface area contributed by atoms with E-state index in [1.54, 1.807) is 51.9 Å². The molecule has 0 radical (unpaired) electrons. The summed E-state index contributed by atoms with van der Waals surface area (Å²) in [6, 6.07) is 10.5. The van der Waals surface area contributed by atoms with Crippen LogP contribution in [0.3, 0.4) is 0 Å². The van der Waals surface area contributed by atoms with E-state index in [9.17, 15) is 14.4 Å². The first kappa shape index (κ1) is 31.4. The van der Waals surface area contributed by atoms with Gasteiger partial charge in [-0.2, -0.15) is 4.98 Å². The van der Waals surface area contributed by atoms with Crippen LogP contribution in [-0.2, 0) is 25.4 Å². The molecule has 2 aromatic heterocycles. The predicted molar refractivity (Wildman–Crippen MR) is 181 cm³/mol. The van der Waals surface area contributed by atoms with Crippen LogP contribution >= 0.6 is 47.2 Å². The maximum absolute atomic E-state index is 13.3. The number of carbonyl (C=O) groups excluding carboxylic acids is 1. The molecule has 0 atom stereocenters. The highest BCUT2D eigenvalue weighted by atomic mass is 35.5. The molecule has 3 heterocycles. The number of ether oxygens (including phenoxy) is 2. The molecule has 2 fully saturated rings. The summed E-state index contributed by atoms with van der Waals surface area (Å²) in [4.78, 5) is 46.2. The number of aryl methyl sites for hydroxylation is 1. The molecule has 0 unspecified atom stereocenters. The molecule has 1 aliphatic heterocycles. The highest BCUT2D eigenvalue weighted by molar-refractivity contribution is 8.26. The monoisotopic (exact) mass is 685 g/mol. The molecule has 4 aromatic rings. The van der Waals surface area contributed by atoms with E-state index in [0.29, 0.717) is 36.3 Å². The van der Waals surface area contributed by atoms with Crippen molar-refractivity contribution in [3.63, 3.8) is 0 Å². The maximum Gasteiger partial charge on any atom is 0.332 e. The zero-order chi connectivity index (χ0) is 32.0. The lowest BCUT2D eigenvalue weighted by atomic mass is 9.94. The Labute approximate surface area is 278 Å². The van der Waals surface area contributed by atoms with Crippen LogP contribution in [0.1, 0.15) is 43.2 Å². The second-order valence-electron chi connectivity index (χ2n) is 11.0. The van der Waals surface area contributed by atoms with Gasteiger partial charge in [-0.1, -0.05) is 78.6 Å².